The molecule has 0 heterocycles. The zero-order valence-corrected chi connectivity index (χ0v) is 73.1. The summed E-state index contributed by atoms with van der Waals surface area (Å²) in [7, 11) is -9.93. The maximum Gasteiger partial charge on any atom is 0.472 e. The lowest BCUT2D eigenvalue weighted by Crippen LogP contribution is -2.30. The van der Waals surface area contributed by atoms with Crippen LogP contribution in [0.5, 0.6) is 0 Å². The number of ether oxygens (including phenoxy) is 4. The van der Waals surface area contributed by atoms with Crippen LogP contribution in [-0.4, -0.2) is 96.7 Å². The Hall–Kier alpha value is -1.94. The number of hydrogen-bond acceptors (Lipinski definition) is 15. The van der Waals surface area contributed by atoms with Crippen molar-refractivity contribution in [3.8, 4) is 0 Å². The molecule has 0 radical (unpaired) electrons. The van der Waals surface area contributed by atoms with Gasteiger partial charge in [-0.3, -0.25) is 37.3 Å². The summed E-state index contributed by atoms with van der Waals surface area (Å²) in [5, 5.41) is 10.7. The summed E-state index contributed by atoms with van der Waals surface area (Å²) in [6, 6.07) is 0. The molecule has 19 heteroatoms. The van der Waals surface area contributed by atoms with Gasteiger partial charge in [0.2, 0.25) is 0 Å². The van der Waals surface area contributed by atoms with Gasteiger partial charge in [-0.2, -0.15) is 0 Å². The number of phosphoric acid groups is 2. The van der Waals surface area contributed by atoms with E-state index >= 15 is 0 Å². The molecule has 0 amide bonds. The number of phosphoric ester groups is 2. The monoisotopic (exact) mass is 1580 g/mol. The van der Waals surface area contributed by atoms with E-state index in [1.165, 1.54) is 276 Å². The van der Waals surface area contributed by atoms with Crippen molar-refractivity contribution in [2.75, 3.05) is 39.6 Å². The minimum atomic E-state index is -4.97. The van der Waals surface area contributed by atoms with E-state index < -0.39 is 97.5 Å². The van der Waals surface area contributed by atoms with Crippen LogP contribution in [0.2, 0.25) is 0 Å². The SMILES string of the molecule is CCCCCCCCCCCCCCCCCCCCCCCC(=O)OC[C@H](COP(=O)(O)OC[C@@H](O)COP(=O)(O)OC[C@@H](COC(=O)CCCCCCCCCC(C)C)OC(=O)CCCCCCCCCCCCCCC(C)C)OC(=O)CCCCCCCCCCCCCCCCCCCCC(C)CC. The first kappa shape index (κ1) is 106. The molecule has 642 valence electrons. The molecule has 17 nitrogen and oxygen atoms in total. The first-order valence-electron chi connectivity index (χ1n) is 45.9. The third-order valence-electron chi connectivity index (χ3n) is 21.2. The average Bonchev–Trinajstić information content (AvgIpc) is 0.900. The molecule has 0 rings (SSSR count). The molecule has 108 heavy (non-hydrogen) atoms. The Morgan fingerprint density at radius 1 is 0.269 bits per heavy atom. The molecule has 0 fully saturated rings. The van der Waals surface area contributed by atoms with Crippen molar-refractivity contribution >= 4 is 39.5 Å². The molecule has 0 bridgehead atoms. The minimum Gasteiger partial charge on any atom is -0.462 e. The molecule has 0 saturated heterocycles. The molecule has 0 aliphatic carbocycles. The first-order valence-corrected chi connectivity index (χ1v) is 48.9. The van der Waals surface area contributed by atoms with Crippen molar-refractivity contribution in [1.82, 2.24) is 0 Å². The lowest BCUT2D eigenvalue weighted by molar-refractivity contribution is -0.161. The lowest BCUT2D eigenvalue weighted by Gasteiger charge is -2.21. The number of carbonyl (C=O) groups excluding carboxylic acids is 4. The quantitative estimate of drug-likeness (QED) is 0.0222. The van der Waals surface area contributed by atoms with Crippen LogP contribution in [0.15, 0.2) is 0 Å². The van der Waals surface area contributed by atoms with Crippen LogP contribution in [0.3, 0.4) is 0 Å². The van der Waals surface area contributed by atoms with E-state index in [1.54, 1.807) is 0 Å². The Kier molecular flexibility index (Phi) is 77.5. The summed E-state index contributed by atoms with van der Waals surface area (Å²) in [5.41, 5.74) is 0. The molecule has 6 atom stereocenters. The molecular weight excluding hydrogens is 1400 g/mol. The topological polar surface area (TPSA) is 237 Å². The Morgan fingerprint density at radius 3 is 0.704 bits per heavy atom. The predicted molar refractivity (Wildman–Crippen MR) is 446 cm³/mol. The smallest absolute Gasteiger partial charge is 0.462 e. The second-order valence-corrected chi connectivity index (χ2v) is 36.1. The van der Waals surface area contributed by atoms with Crippen molar-refractivity contribution in [3.05, 3.63) is 0 Å². The van der Waals surface area contributed by atoms with Crippen LogP contribution in [0, 0.1) is 17.8 Å². The number of unbranched alkanes of at least 4 members (excludes halogenated alkanes) is 54. The van der Waals surface area contributed by atoms with Crippen LogP contribution in [0.1, 0.15) is 472 Å². The summed E-state index contributed by atoms with van der Waals surface area (Å²) in [6.45, 7) is 12.0. The highest BCUT2D eigenvalue weighted by molar-refractivity contribution is 7.47. The molecule has 0 aromatic heterocycles. The second kappa shape index (κ2) is 78.9. The number of esters is 4. The Labute approximate surface area is 664 Å². The van der Waals surface area contributed by atoms with Gasteiger partial charge in [-0.05, 0) is 43.4 Å². The summed E-state index contributed by atoms with van der Waals surface area (Å²) in [4.78, 5) is 73.3. The largest absolute Gasteiger partial charge is 0.472 e. The van der Waals surface area contributed by atoms with Gasteiger partial charge in [0.1, 0.15) is 19.3 Å². The van der Waals surface area contributed by atoms with Crippen molar-refractivity contribution in [2.45, 2.75) is 491 Å². The fourth-order valence-corrected chi connectivity index (χ4v) is 15.4. The maximum atomic E-state index is 13.2. The van der Waals surface area contributed by atoms with Crippen molar-refractivity contribution in [1.29, 1.82) is 0 Å². The Balaban J connectivity index is 5.21. The Bertz CT molecular complexity index is 2080. The van der Waals surface area contributed by atoms with Crippen molar-refractivity contribution < 1.29 is 80.2 Å². The number of aliphatic hydroxyl groups is 1. The van der Waals surface area contributed by atoms with Crippen LogP contribution in [0.4, 0.5) is 0 Å². The summed E-state index contributed by atoms with van der Waals surface area (Å²) < 4.78 is 68.9. The summed E-state index contributed by atoms with van der Waals surface area (Å²) >= 11 is 0. The van der Waals surface area contributed by atoms with Gasteiger partial charge in [-0.1, -0.05) is 421 Å². The van der Waals surface area contributed by atoms with E-state index in [9.17, 15) is 43.2 Å². The number of rotatable bonds is 87. The van der Waals surface area contributed by atoms with E-state index in [1.807, 2.05) is 0 Å². The van der Waals surface area contributed by atoms with Gasteiger partial charge in [-0.25, -0.2) is 9.13 Å². The Morgan fingerprint density at radius 2 is 0.472 bits per heavy atom. The van der Waals surface area contributed by atoms with E-state index in [4.69, 9.17) is 37.0 Å². The number of carbonyl (C=O) groups is 4. The van der Waals surface area contributed by atoms with Crippen molar-refractivity contribution in [3.63, 3.8) is 0 Å². The van der Waals surface area contributed by atoms with E-state index in [0.29, 0.717) is 31.6 Å². The molecule has 0 aliphatic rings. The highest BCUT2D eigenvalue weighted by Crippen LogP contribution is 2.45. The third-order valence-corrected chi connectivity index (χ3v) is 23.1. The normalized spacial score (nSPS) is 14.1. The molecule has 3 unspecified atom stereocenters. The minimum absolute atomic E-state index is 0.106. The highest BCUT2D eigenvalue weighted by atomic mass is 31.2. The lowest BCUT2D eigenvalue weighted by atomic mass is 9.99. The zero-order valence-electron chi connectivity index (χ0n) is 71.3. The van der Waals surface area contributed by atoms with E-state index in [-0.39, 0.29) is 25.7 Å². The fourth-order valence-electron chi connectivity index (χ4n) is 13.9. The average molecular weight is 1580 g/mol. The van der Waals surface area contributed by atoms with Gasteiger partial charge in [0.15, 0.2) is 12.2 Å². The highest BCUT2D eigenvalue weighted by Gasteiger charge is 2.31. The molecule has 0 aliphatic heterocycles. The summed E-state index contributed by atoms with van der Waals surface area (Å²) in [6.07, 6.45) is 71.0. The van der Waals surface area contributed by atoms with Crippen LogP contribution in [0.25, 0.3) is 0 Å². The standard InChI is InChI=1S/C89H174O17P2/c1-8-10-11-12-13-14-15-16-17-18-19-20-21-25-28-31-37-42-49-56-63-70-86(91)99-76-84(105-88(93)72-65-58-50-43-38-32-29-26-23-22-24-27-30-36-41-48-55-62-69-82(7)9-2)78-103-107(95,96)101-74-83(90)75-102-108(97,98)104-79-85(77-100-87(92)71-64-57-52-45-47-54-61-68-81(5)6)106-89(94)73-66-59-51-44-39-34-33-35-40-46-53-60-67-80(3)4/h80-85,90H,8-79H2,1-7H3,(H,95,96)(H,97,98)/t82?,83-,84-,85-/m1/s1. The van der Waals surface area contributed by atoms with Crippen molar-refractivity contribution in [2.24, 2.45) is 17.8 Å². The zero-order chi connectivity index (χ0) is 79.3. The molecule has 3 N–H and O–H groups in total. The number of hydrogen-bond donors (Lipinski definition) is 3. The van der Waals surface area contributed by atoms with Gasteiger partial charge in [-0.15, -0.1) is 0 Å². The first-order chi connectivity index (χ1) is 52.3. The van der Waals surface area contributed by atoms with E-state index in [2.05, 4.69) is 48.5 Å². The van der Waals surface area contributed by atoms with Crippen LogP contribution in [-0.2, 0) is 65.4 Å². The number of aliphatic hydroxyl groups excluding tert-OH is 1. The molecule has 0 aromatic carbocycles. The van der Waals surface area contributed by atoms with Gasteiger partial charge < -0.3 is 33.8 Å². The van der Waals surface area contributed by atoms with Gasteiger partial charge in [0.05, 0.1) is 26.4 Å². The molecule has 0 spiro atoms. The third kappa shape index (κ3) is 80.7. The molecule has 0 aromatic rings. The molecule has 0 saturated carbocycles. The van der Waals surface area contributed by atoms with Gasteiger partial charge in [0, 0.05) is 25.7 Å². The summed E-state index contributed by atoms with van der Waals surface area (Å²) in [5.74, 6) is 0.249. The maximum absolute atomic E-state index is 13.2. The van der Waals surface area contributed by atoms with Gasteiger partial charge >= 0.3 is 39.5 Å². The van der Waals surface area contributed by atoms with Crippen LogP contribution >= 0.6 is 15.6 Å². The predicted octanol–water partition coefficient (Wildman–Crippen LogP) is 27.3. The van der Waals surface area contributed by atoms with Crippen LogP contribution < -0.4 is 0 Å². The fraction of sp³-hybridized carbons (Fsp3) is 0.955. The van der Waals surface area contributed by atoms with E-state index in [0.717, 1.165) is 108 Å². The van der Waals surface area contributed by atoms with Gasteiger partial charge in [0.25, 0.3) is 0 Å². The molecular formula is C89H174O17P2. The second-order valence-electron chi connectivity index (χ2n) is 33.2.